The van der Waals surface area contributed by atoms with Gasteiger partial charge in [-0.25, -0.2) is 14.5 Å². The molecule has 11 heteroatoms. The van der Waals surface area contributed by atoms with Gasteiger partial charge in [0, 0.05) is 37.3 Å². The highest BCUT2D eigenvalue weighted by molar-refractivity contribution is 5.90. The molecule has 1 aliphatic heterocycles. The highest BCUT2D eigenvalue weighted by atomic mass is 16.4. The minimum atomic E-state index is -0.483. The van der Waals surface area contributed by atoms with E-state index in [0.29, 0.717) is 18.7 Å². The van der Waals surface area contributed by atoms with Crippen molar-refractivity contribution in [2.45, 2.75) is 19.4 Å². The van der Waals surface area contributed by atoms with Gasteiger partial charge in [-0.1, -0.05) is 6.07 Å². The summed E-state index contributed by atoms with van der Waals surface area (Å²) < 4.78 is 7.46. The third-order valence-electron chi connectivity index (χ3n) is 5.59. The highest BCUT2D eigenvalue weighted by Crippen LogP contribution is 2.34. The number of H-pyrrole nitrogens is 1. The van der Waals surface area contributed by atoms with Gasteiger partial charge in [-0.15, -0.1) is 10.2 Å². The number of pyridine rings is 1. The Balaban J connectivity index is 1.41. The Bertz CT molecular complexity index is 1440. The van der Waals surface area contributed by atoms with Gasteiger partial charge in [0.2, 0.25) is 0 Å². The first kappa shape index (κ1) is 18.4. The molecule has 5 aromatic rings. The summed E-state index contributed by atoms with van der Waals surface area (Å²) in [5.74, 6) is -0.367. The molecule has 0 aliphatic carbocycles. The molecular formula is C21H17N9O2. The molecule has 0 saturated heterocycles. The Labute approximate surface area is 181 Å². The smallest absolute Gasteiger partial charge is 0.312 e. The summed E-state index contributed by atoms with van der Waals surface area (Å²) in [5.41, 5.74) is 4.93. The van der Waals surface area contributed by atoms with Crippen molar-refractivity contribution in [1.82, 2.24) is 44.6 Å². The van der Waals surface area contributed by atoms with Crippen LogP contribution in [0.5, 0.6) is 0 Å². The molecule has 6 rings (SSSR count). The van der Waals surface area contributed by atoms with E-state index in [1.807, 2.05) is 35.8 Å². The van der Waals surface area contributed by atoms with E-state index >= 15 is 0 Å². The number of fused-ring (bicyclic) bond motifs is 2. The molecule has 0 bridgehead atoms. The van der Waals surface area contributed by atoms with E-state index in [-0.39, 0.29) is 17.7 Å². The van der Waals surface area contributed by atoms with E-state index in [0.717, 1.165) is 28.2 Å². The fraction of sp³-hybridized carbons (Fsp3) is 0.190. The second-order valence-corrected chi connectivity index (χ2v) is 7.51. The van der Waals surface area contributed by atoms with E-state index in [4.69, 9.17) is 9.52 Å². The lowest BCUT2D eigenvalue weighted by Crippen LogP contribution is -2.41. The number of carbonyl (C=O) groups is 1. The third kappa shape index (κ3) is 2.86. The van der Waals surface area contributed by atoms with Crippen molar-refractivity contribution in [2.75, 3.05) is 6.54 Å². The highest BCUT2D eigenvalue weighted by Gasteiger charge is 2.38. The quantitative estimate of drug-likeness (QED) is 0.462. The number of rotatable bonds is 3. The molecule has 0 fully saturated rings. The molecule has 158 valence electrons. The van der Waals surface area contributed by atoms with Gasteiger partial charge in [0.1, 0.15) is 11.7 Å². The molecular weight excluding hydrogens is 410 g/mol. The average Bonchev–Trinajstić information content (AvgIpc) is 3.58. The van der Waals surface area contributed by atoms with Crippen molar-refractivity contribution in [3.05, 3.63) is 77.8 Å². The minimum Gasteiger partial charge on any atom is -0.411 e. The molecule has 1 amide bonds. The average molecular weight is 427 g/mol. The predicted octanol–water partition coefficient (Wildman–Crippen LogP) is 1.99. The van der Waals surface area contributed by atoms with E-state index in [1.165, 1.54) is 12.4 Å². The van der Waals surface area contributed by atoms with Crippen LogP contribution in [0.4, 0.5) is 0 Å². The van der Waals surface area contributed by atoms with Crippen LogP contribution in [-0.4, -0.2) is 57.1 Å². The maximum absolute atomic E-state index is 13.5. The van der Waals surface area contributed by atoms with Crippen LogP contribution in [0.2, 0.25) is 0 Å². The number of aryl methyl sites for hydroxylation is 1. The van der Waals surface area contributed by atoms with Crippen LogP contribution in [-0.2, 0) is 6.42 Å². The maximum Gasteiger partial charge on any atom is 0.312 e. The lowest BCUT2D eigenvalue weighted by atomic mass is 9.99. The second-order valence-electron chi connectivity index (χ2n) is 7.51. The zero-order valence-corrected chi connectivity index (χ0v) is 17.0. The molecule has 5 aromatic heterocycles. The van der Waals surface area contributed by atoms with E-state index in [9.17, 15) is 4.79 Å². The Morgan fingerprint density at radius 3 is 3.03 bits per heavy atom. The van der Waals surface area contributed by atoms with Gasteiger partial charge < -0.3 is 14.3 Å². The first-order chi connectivity index (χ1) is 15.7. The SMILES string of the molecule is Cc1cccn2nc(C3c4nc[nH]c4CCN3C(=O)c3nnc(-c4cnccn4)o3)cc12. The van der Waals surface area contributed by atoms with Crippen LogP contribution in [0.15, 0.2) is 53.7 Å². The van der Waals surface area contributed by atoms with E-state index in [2.05, 4.69) is 30.1 Å². The maximum atomic E-state index is 13.5. The fourth-order valence-corrected chi connectivity index (χ4v) is 4.05. The summed E-state index contributed by atoms with van der Waals surface area (Å²) >= 11 is 0. The number of aromatic amines is 1. The van der Waals surface area contributed by atoms with Gasteiger partial charge in [-0.05, 0) is 24.6 Å². The normalized spacial score (nSPS) is 15.8. The van der Waals surface area contributed by atoms with Crippen molar-refractivity contribution in [1.29, 1.82) is 0 Å². The fourth-order valence-electron chi connectivity index (χ4n) is 4.05. The van der Waals surface area contributed by atoms with Gasteiger partial charge >= 0.3 is 11.8 Å². The third-order valence-corrected chi connectivity index (χ3v) is 5.59. The number of carbonyl (C=O) groups excluding carboxylic acids is 1. The number of nitrogens with zero attached hydrogens (tertiary/aromatic N) is 8. The summed E-state index contributed by atoms with van der Waals surface area (Å²) in [6, 6.07) is 5.47. The Hall–Kier alpha value is -4.41. The van der Waals surface area contributed by atoms with Crippen LogP contribution in [0.25, 0.3) is 17.1 Å². The summed E-state index contributed by atoms with van der Waals surface area (Å²) in [6.45, 7) is 2.48. The summed E-state index contributed by atoms with van der Waals surface area (Å²) in [5, 5.41) is 12.7. The lowest BCUT2D eigenvalue weighted by molar-refractivity contribution is 0.0646. The van der Waals surface area contributed by atoms with Crippen molar-refractivity contribution < 1.29 is 9.21 Å². The van der Waals surface area contributed by atoms with Crippen molar-refractivity contribution in [3.8, 4) is 11.6 Å². The molecule has 1 unspecified atom stereocenters. The van der Waals surface area contributed by atoms with Crippen LogP contribution in [0.3, 0.4) is 0 Å². The standard InChI is InChI=1S/C21H17N9O2/c1-12-3-2-7-30-16(12)9-14(28-30)18-17-13(24-11-25-17)4-8-29(18)21(31)20-27-26-19(32-20)15-10-22-5-6-23-15/h2-3,5-7,9-11,18H,4,8H2,1H3,(H,24,25). The number of hydrogen-bond donors (Lipinski definition) is 1. The molecule has 0 saturated carbocycles. The molecule has 32 heavy (non-hydrogen) atoms. The Morgan fingerprint density at radius 2 is 2.19 bits per heavy atom. The molecule has 6 heterocycles. The second kappa shape index (κ2) is 7.08. The van der Waals surface area contributed by atoms with Crippen LogP contribution >= 0.6 is 0 Å². The number of imidazole rings is 1. The molecule has 0 radical (unpaired) electrons. The topological polar surface area (TPSA) is 131 Å². The van der Waals surface area contributed by atoms with Gasteiger partial charge in [0.05, 0.1) is 29.4 Å². The van der Waals surface area contributed by atoms with Crippen molar-refractivity contribution >= 4 is 11.4 Å². The number of nitrogens with one attached hydrogen (secondary N) is 1. The van der Waals surface area contributed by atoms with Gasteiger partial charge in [0.15, 0.2) is 0 Å². The largest absolute Gasteiger partial charge is 0.411 e. The number of amides is 1. The zero-order valence-electron chi connectivity index (χ0n) is 17.0. The molecule has 1 aliphatic rings. The van der Waals surface area contributed by atoms with Crippen molar-refractivity contribution in [2.24, 2.45) is 0 Å². The van der Waals surface area contributed by atoms with E-state index < -0.39 is 6.04 Å². The number of hydrogen-bond acceptors (Lipinski definition) is 8. The summed E-state index contributed by atoms with van der Waals surface area (Å²) in [6.07, 6.45) is 8.73. The van der Waals surface area contributed by atoms with Gasteiger partial charge in [-0.2, -0.15) is 5.10 Å². The molecule has 1 N–H and O–H groups in total. The monoisotopic (exact) mass is 427 g/mol. The van der Waals surface area contributed by atoms with Crippen LogP contribution in [0, 0.1) is 6.92 Å². The van der Waals surface area contributed by atoms with Crippen molar-refractivity contribution in [3.63, 3.8) is 0 Å². The molecule has 0 spiro atoms. The first-order valence-electron chi connectivity index (χ1n) is 10.1. The summed E-state index contributed by atoms with van der Waals surface area (Å²) in [7, 11) is 0. The lowest BCUT2D eigenvalue weighted by Gasteiger charge is -2.32. The Kier molecular flexibility index (Phi) is 4.06. The molecule has 11 nitrogen and oxygen atoms in total. The van der Waals surface area contributed by atoms with Gasteiger partial charge in [-0.3, -0.25) is 9.78 Å². The van der Waals surface area contributed by atoms with Crippen LogP contribution in [0.1, 0.15) is 39.4 Å². The molecule has 0 aromatic carbocycles. The minimum absolute atomic E-state index is 0.116. The van der Waals surface area contributed by atoms with Gasteiger partial charge in [0.25, 0.3) is 5.89 Å². The zero-order chi connectivity index (χ0) is 21.7. The predicted molar refractivity (Wildman–Crippen MR) is 110 cm³/mol. The Morgan fingerprint density at radius 1 is 1.25 bits per heavy atom. The first-order valence-corrected chi connectivity index (χ1v) is 10.1. The molecule has 1 atom stereocenters. The summed E-state index contributed by atoms with van der Waals surface area (Å²) in [4.78, 5) is 31.0. The van der Waals surface area contributed by atoms with Crippen LogP contribution < -0.4 is 0 Å². The number of aromatic nitrogens is 8. The van der Waals surface area contributed by atoms with E-state index in [1.54, 1.807) is 17.4 Å².